The molecule has 0 aliphatic heterocycles. The summed E-state index contributed by atoms with van der Waals surface area (Å²) in [4.78, 5) is 12.9. The van der Waals surface area contributed by atoms with Gasteiger partial charge < -0.3 is 9.47 Å². The van der Waals surface area contributed by atoms with Crippen LogP contribution in [0.2, 0.25) is 0 Å². The smallest absolute Gasteiger partial charge is 0.198 e. The highest BCUT2D eigenvalue weighted by Gasteiger charge is 2.25. The normalized spacial score (nSPS) is 11.4. The molecule has 5 heteroatoms. The molecule has 0 spiro atoms. The lowest BCUT2D eigenvalue weighted by molar-refractivity contribution is 0.0980. The molecule has 2 aromatic rings. The third kappa shape index (κ3) is 2.65. The minimum atomic E-state index is -0.863. The Morgan fingerprint density at radius 1 is 1.30 bits per heavy atom. The molecule has 0 aliphatic rings. The van der Waals surface area contributed by atoms with Crippen LogP contribution in [0.3, 0.4) is 0 Å². The zero-order valence-corrected chi connectivity index (χ0v) is 11.9. The van der Waals surface area contributed by atoms with Crippen LogP contribution in [0.15, 0.2) is 35.7 Å². The Labute approximate surface area is 121 Å². The maximum absolute atomic E-state index is 12.5. The van der Waals surface area contributed by atoms with Gasteiger partial charge in [-0.1, -0.05) is 12.1 Å². The van der Waals surface area contributed by atoms with Gasteiger partial charge in [0.1, 0.15) is 22.3 Å². The van der Waals surface area contributed by atoms with Crippen LogP contribution in [0.5, 0.6) is 11.5 Å². The summed E-state index contributed by atoms with van der Waals surface area (Å²) in [7, 11) is 3.05. The highest BCUT2D eigenvalue weighted by Crippen LogP contribution is 2.31. The highest BCUT2D eigenvalue weighted by molar-refractivity contribution is 7.12. The van der Waals surface area contributed by atoms with Gasteiger partial charge in [-0.15, -0.1) is 11.3 Å². The lowest BCUT2D eigenvalue weighted by atomic mass is 9.95. The van der Waals surface area contributed by atoms with E-state index < -0.39 is 5.92 Å². The van der Waals surface area contributed by atoms with E-state index in [-0.39, 0.29) is 5.78 Å². The minimum absolute atomic E-state index is 0.257. The number of hydrogen-bond donors (Lipinski definition) is 0. The zero-order chi connectivity index (χ0) is 14.5. The van der Waals surface area contributed by atoms with Gasteiger partial charge >= 0.3 is 0 Å². The number of thiophene rings is 1. The molecule has 1 heterocycles. The quantitative estimate of drug-likeness (QED) is 0.792. The number of methoxy groups -OCH3 is 2. The van der Waals surface area contributed by atoms with Gasteiger partial charge in [-0.2, -0.15) is 5.26 Å². The van der Waals surface area contributed by atoms with E-state index in [9.17, 15) is 10.1 Å². The molecule has 1 unspecified atom stereocenters. The molecule has 0 radical (unpaired) electrons. The Balaban J connectivity index is 2.37. The maximum atomic E-state index is 12.5. The summed E-state index contributed by atoms with van der Waals surface area (Å²) >= 11 is 1.27. The molecule has 4 nitrogen and oxygen atoms in total. The predicted molar refractivity (Wildman–Crippen MR) is 76.5 cm³/mol. The molecule has 0 aliphatic carbocycles. The minimum Gasteiger partial charge on any atom is -0.497 e. The fourth-order valence-corrected chi connectivity index (χ4v) is 2.70. The average molecular weight is 287 g/mol. The molecule has 0 bridgehead atoms. The molecule has 2 rings (SSSR count). The number of rotatable bonds is 5. The van der Waals surface area contributed by atoms with Crippen molar-refractivity contribution in [3.63, 3.8) is 0 Å². The number of nitriles is 1. The van der Waals surface area contributed by atoms with Crippen molar-refractivity contribution in [2.75, 3.05) is 14.2 Å². The van der Waals surface area contributed by atoms with Gasteiger partial charge in [-0.25, -0.2) is 0 Å². The van der Waals surface area contributed by atoms with Gasteiger partial charge in [-0.05, 0) is 29.1 Å². The van der Waals surface area contributed by atoms with E-state index in [1.165, 1.54) is 18.4 Å². The van der Waals surface area contributed by atoms with Gasteiger partial charge in [0.2, 0.25) is 0 Å². The summed E-state index contributed by atoms with van der Waals surface area (Å²) in [6, 6.07) is 10.8. The first-order valence-corrected chi connectivity index (χ1v) is 6.78. The second kappa shape index (κ2) is 6.22. The highest BCUT2D eigenvalue weighted by atomic mass is 32.1. The zero-order valence-electron chi connectivity index (χ0n) is 11.1. The van der Waals surface area contributed by atoms with Crippen molar-refractivity contribution >= 4 is 17.1 Å². The number of ether oxygens (including phenoxy) is 2. The molecule has 1 aromatic carbocycles. The lowest BCUT2D eigenvalue weighted by Gasteiger charge is -2.10. The summed E-state index contributed by atoms with van der Waals surface area (Å²) in [6.45, 7) is 0. The van der Waals surface area contributed by atoms with Crippen molar-refractivity contribution in [1.82, 2.24) is 0 Å². The summed E-state index contributed by atoms with van der Waals surface area (Å²) in [6.07, 6.45) is 0. The SMILES string of the molecule is COc1cccc(C(C#N)C(=O)c2sccc2OC)c1. The molecule has 102 valence electrons. The molecule has 0 fully saturated rings. The van der Waals surface area contributed by atoms with Gasteiger partial charge in [0.25, 0.3) is 0 Å². The molecule has 0 N–H and O–H groups in total. The molecular formula is C15H13NO3S. The number of Topliss-reactive ketones (excluding diaryl/α,β-unsaturated/α-hetero) is 1. The van der Waals surface area contributed by atoms with E-state index >= 15 is 0 Å². The molecule has 1 atom stereocenters. The van der Waals surface area contributed by atoms with Crippen molar-refractivity contribution in [3.8, 4) is 17.6 Å². The Hall–Kier alpha value is -2.32. The van der Waals surface area contributed by atoms with Gasteiger partial charge in [0.15, 0.2) is 5.78 Å². The Morgan fingerprint density at radius 2 is 2.10 bits per heavy atom. The first kappa shape index (κ1) is 14.1. The standard InChI is InChI=1S/C15H13NO3S/c1-18-11-5-3-4-10(8-11)12(9-16)14(17)15-13(19-2)6-7-20-15/h3-8,12H,1-2H3. The number of carbonyl (C=O) groups is 1. The Morgan fingerprint density at radius 3 is 2.75 bits per heavy atom. The lowest BCUT2D eigenvalue weighted by Crippen LogP contribution is -2.11. The van der Waals surface area contributed by atoms with Gasteiger partial charge in [0.05, 0.1) is 20.3 Å². The van der Waals surface area contributed by atoms with E-state index in [0.29, 0.717) is 21.9 Å². The topological polar surface area (TPSA) is 59.3 Å². The second-order valence-corrected chi connectivity index (χ2v) is 4.94. The van der Waals surface area contributed by atoms with Crippen LogP contribution in [0.1, 0.15) is 21.2 Å². The van der Waals surface area contributed by atoms with E-state index in [4.69, 9.17) is 9.47 Å². The van der Waals surface area contributed by atoms with Crippen LogP contribution in [-0.4, -0.2) is 20.0 Å². The van der Waals surface area contributed by atoms with Crippen molar-refractivity contribution < 1.29 is 14.3 Å². The summed E-state index contributed by atoms with van der Waals surface area (Å²) in [5, 5.41) is 11.1. The average Bonchev–Trinajstić information content (AvgIpc) is 2.96. The number of hydrogen-bond acceptors (Lipinski definition) is 5. The molecule has 0 saturated heterocycles. The van der Waals surface area contributed by atoms with E-state index in [1.807, 2.05) is 0 Å². The number of ketones is 1. The van der Waals surface area contributed by atoms with Crippen molar-refractivity contribution in [2.24, 2.45) is 0 Å². The third-order valence-corrected chi connectivity index (χ3v) is 3.80. The van der Waals surface area contributed by atoms with Crippen LogP contribution in [0.4, 0.5) is 0 Å². The van der Waals surface area contributed by atoms with Crippen LogP contribution in [-0.2, 0) is 0 Å². The molecule has 0 amide bonds. The molecule has 1 aromatic heterocycles. The summed E-state index contributed by atoms with van der Waals surface area (Å²) < 4.78 is 10.3. The largest absolute Gasteiger partial charge is 0.497 e. The fourth-order valence-electron chi connectivity index (χ4n) is 1.87. The number of benzene rings is 1. The summed E-state index contributed by atoms with van der Waals surface area (Å²) in [5.41, 5.74) is 0.618. The van der Waals surface area contributed by atoms with Crippen molar-refractivity contribution in [2.45, 2.75) is 5.92 Å². The van der Waals surface area contributed by atoms with Gasteiger partial charge in [0, 0.05) is 0 Å². The first-order chi connectivity index (χ1) is 9.71. The fraction of sp³-hybridized carbons (Fsp3) is 0.200. The Kier molecular flexibility index (Phi) is 4.38. The maximum Gasteiger partial charge on any atom is 0.198 e. The van der Waals surface area contributed by atoms with Crippen LogP contribution >= 0.6 is 11.3 Å². The predicted octanol–water partition coefficient (Wildman–Crippen LogP) is 3.26. The van der Waals surface area contributed by atoms with E-state index in [2.05, 4.69) is 6.07 Å². The van der Waals surface area contributed by atoms with Gasteiger partial charge in [-0.3, -0.25) is 4.79 Å². The van der Waals surface area contributed by atoms with Crippen molar-refractivity contribution in [3.05, 3.63) is 46.2 Å². The Bertz CT molecular complexity index is 657. The summed E-state index contributed by atoms with van der Waals surface area (Å²) in [5.74, 6) is 0.00194. The van der Waals surface area contributed by atoms with Crippen molar-refractivity contribution in [1.29, 1.82) is 5.26 Å². The van der Waals surface area contributed by atoms with Crippen LogP contribution < -0.4 is 9.47 Å². The first-order valence-electron chi connectivity index (χ1n) is 5.90. The third-order valence-electron chi connectivity index (χ3n) is 2.89. The van der Waals surface area contributed by atoms with Crippen LogP contribution in [0.25, 0.3) is 0 Å². The molecular weight excluding hydrogens is 274 g/mol. The van der Waals surface area contributed by atoms with Crippen LogP contribution in [0, 0.1) is 11.3 Å². The second-order valence-electron chi connectivity index (χ2n) is 4.02. The molecule has 20 heavy (non-hydrogen) atoms. The monoisotopic (exact) mass is 287 g/mol. The van der Waals surface area contributed by atoms with E-state index in [0.717, 1.165) is 0 Å². The number of nitrogens with zero attached hydrogens (tertiary/aromatic N) is 1. The number of carbonyl (C=O) groups excluding carboxylic acids is 1. The molecule has 0 saturated carbocycles. The van der Waals surface area contributed by atoms with E-state index in [1.54, 1.807) is 42.8 Å².